The Kier molecular flexibility index (Phi) is 7.21. The topological polar surface area (TPSA) is 107 Å². The lowest BCUT2D eigenvalue weighted by molar-refractivity contribution is -0.123. The van der Waals surface area contributed by atoms with Crippen molar-refractivity contribution in [1.82, 2.24) is 10.6 Å². The van der Waals surface area contributed by atoms with Crippen molar-refractivity contribution in [3.8, 4) is 5.75 Å². The number of hydrogen-bond donors (Lipinski definition) is 2. The molecule has 3 aromatic rings. The number of hydrogen-bond acceptors (Lipinski definition) is 6. The number of ether oxygens (including phenoxy) is 2. The number of rotatable bonds is 8. The van der Waals surface area contributed by atoms with Crippen LogP contribution in [-0.2, 0) is 22.7 Å². The molecule has 2 N–H and O–H groups in total. The molecule has 0 atom stereocenters. The van der Waals surface area contributed by atoms with Crippen molar-refractivity contribution in [2.45, 2.75) is 13.2 Å². The van der Waals surface area contributed by atoms with E-state index in [1.165, 1.54) is 6.26 Å². The number of furan rings is 1. The molecule has 1 aromatic heterocycles. The predicted octanol–water partition coefficient (Wildman–Crippen LogP) is 3.04. The molecule has 3 amide bonds. The molecule has 2 aromatic carbocycles. The highest BCUT2D eigenvalue weighted by molar-refractivity contribution is 5.97. The van der Waals surface area contributed by atoms with E-state index in [9.17, 15) is 14.4 Å². The molecule has 0 fully saturated rings. The second-order valence-electron chi connectivity index (χ2n) is 6.15. The van der Waals surface area contributed by atoms with Crippen molar-refractivity contribution in [2.24, 2.45) is 0 Å². The highest BCUT2D eigenvalue weighted by Crippen LogP contribution is 2.15. The SMILES string of the molecule is O=C(COC(=O)c1ccccc1COc1ccccc1)NC(=O)NCc1ccco1. The zero-order valence-corrected chi connectivity index (χ0v) is 16.0. The van der Waals surface area contributed by atoms with Crippen molar-refractivity contribution >= 4 is 17.9 Å². The molecule has 0 saturated heterocycles. The van der Waals surface area contributed by atoms with E-state index in [0.29, 0.717) is 17.1 Å². The summed E-state index contributed by atoms with van der Waals surface area (Å²) >= 11 is 0. The molecule has 0 saturated carbocycles. The molecule has 3 rings (SSSR count). The van der Waals surface area contributed by atoms with E-state index >= 15 is 0 Å². The summed E-state index contributed by atoms with van der Waals surface area (Å²) in [7, 11) is 0. The third kappa shape index (κ3) is 6.23. The van der Waals surface area contributed by atoms with Crippen LogP contribution in [0.3, 0.4) is 0 Å². The average Bonchev–Trinajstić information content (AvgIpc) is 3.29. The van der Waals surface area contributed by atoms with Crippen molar-refractivity contribution in [2.75, 3.05) is 6.61 Å². The fraction of sp³-hybridized carbons (Fsp3) is 0.136. The number of benzene rings is 2. The Morgan fingerprint density at radius 2 is 1.67 bits per heavy atom. The summed E-state index contributed by atoms with van der Waals surface area (Å²) in [5.41, 5.74) is 0.895. The highest BCUT2D eigenvalue weighted by Gasteiger charge is 2.16. The second-order valence-corrected chi connectivity index (χ2v) is 6.15. The lowest BCUT2D eigenvalue weighted by Crippen LogP contribution is -2.41. The molecular formula is C22H20N2O6. The molecule has 1 heterocycles. The van der Waals surface area contributed by atoms with Crippen LogP contribution in [0.1, 0.15) is 21.7 Å². The number of urea groups is 1. The Hall–Kier alpha value is -4.07. The molecule has 0 spiro atoms. The normalized spacial score (nSPS) is 10.1. The third-order valence-electron chi connectivity index (χ3n) is 3.97. The first-order valence-electron chi connectivity index (χ1n) is 9.15. The summed E-state index contributed by atoms with van der Waals surface area (Å²) in [6.07, 6.45) is 1.47. The molecule has 154 valence electrons. The summed E-state index contributed by atoms with van der Waals surface area (Å²) in [4.78, 5) is 35.9. The van der Waals surface area contributed by atoms with Gasteiger partial charge in [-0.3, -0.25) is 10.1 Å². The van der Waals surface area contributed by atoms with E-state index in [-0.39, 0.29) is 18.7 Å². The Bertz CT molecular complexity index is 986. The lowest BCUT2D eigenvalue weighted by atomic mass is 10.1. The van der Waals surface area contributed by atoms with Crippen LogP contribution >= 0.6 is 0 Å². The first-order chi connectivity index (χ1) is 14.6. The Balaban J connectivity index is 1.47. The van der Waals surface area contributed by atoms with Gasteiger partial charge in [-0.1, -0.05) is 36.4 Å². The van der Waals surface area contributed by atoms with Gasteiger partial charge in [0.2, 0.25) is 0 Å². The highest BCUT2D eigenvalue weighted by atomic mass is 16.5. The minimum absolute atomic E-state index is 0.126. The second kappa shape index (κ2) is 10.5. The van der Waals surface area contributed by atoms with Crippen LogP contribution in [0.4, 0.5) is 4.79 Å². The van der Waals surface area contributed by atoms with Crippen LogP contribution in [0.5, 0.6) is 5.75 Å². The van der Waals surface area contributed by atoms with Gasteiger partial charge in [0, 0.05) is 5.56 Å². The molecule has 0 aliphatic carbocycles. The van der Waals surface area contributed by atoms with Crippen molar-refractivity contribution in [3.63, 3.8) is 0 Å². The molecule has 30 heavy (non-hydrogen) atoms. The van der Waals surface area contributed by atoms with Gasteiger partial charge in [0.05, 0.1) is 18.4 Å². The maximum atomic E-state index is 12.4. The van der Waals surface area contributed by atoms with E-state index in [0.717, 1.165) is 0 Å². The van der Waals surface area contributed by atoms with E-state index in [4.69, 9.17) is 13.9 Å². The van der Waals surface area contributed by atoms with Crippen LogP contribution in [-0.4, -0.2) is 24.5 Å². The molecule has 0 radical (unpaired) electrons. The van der Waals surface area contributed by atoms with Crippen LogP contribution in [0.25, 0.3) is 0 Å². The van der Waals surface area contributed by atoms with Crippen molar-refractivity contribution < 1.29 is 28.3 Å². The van der Waals surface area contributed by atoms with E-state index in [1.807, 2.05) is 30.3 Å². The monoisotopic (exact) mass is 408 g/mol. The number of para-hydroxylation sites is 1. The first kappa shape index (κ1) is 20.7. The van der Waals surface area contributed by atoms with Gasteiger partial charge in [0.15, 0.2) is 6.61 Å². The lowest BCUT2D eigenvalue weighted by Gasteiger charge is -2.11. The van der Waals surface area contributed by atoms with Gasteiger partial charge in [-0.25, -0.2) is 9.59 Å². The number of carbonyl (C=O) groups excluding carboxylic acids is 3. The van der Waals surface area contributed by atoms with Crippen molar-refractivity contribution in [3.05, 3.63) is 89.9 Å². The Labute approximate surface area is 172 Å². The molecule has 8 nitrogen and oxygen atoms in total. The minimum Gasteiger partial charge on any atom is -0.489 e. The maximum Gasteiger partial charge on any atom is 0.339 e. The van der Waals surface area contributed by atoms with Gasteiger partial charge in [0.25, 0.3) is 5.91 Å². The van der Waals surface area contributed by atoms with Gasteiger partial charge >= 0.3 is 12.0 Å². The number of esters is 1. The van der Waals surface area contributed by atoms with Gasteiger partial charge in [-0.15, -0.1) is 0 Å². The fourth-order valence-corrected chi connectivity index (χ4v) is 2.52. The molecule has 0 aliphatic rings. The van der Waals surface area contributed by atoms with E-state index in [1.54, 1.807) is 36.4 Å². The molecule has 0 bridgehead atoms. The van der Waals surface area contributed by atoms with Crippen LogP contribution < -0.4 is 15.4 Å². The third-order valence-corrected chi connectivity index (χ3v) is 3.97. The average molecular weight is 408 g/mol. The van der Waals surface area contributed by atoms with Crippen LogP contribution in [0.15, 0.2) is 77.4 Å². The van der Waals surface area contributed by atoms with E-state index < -0.39 is 24.5 Å². The number of amides is 3. The Morgan fingerprint density at radius 1 is 0.900 bits per heavy atom. The summed E-state index contributed by atoms with van der Waals surface area (Å²) in [6, 6.07) is 18.6. The zero-order chi connectivity index (χ0) is 21.2. The summed E-state index contributed by atoms with van der Waals surface area (Å²) in [5, 5.41) is 4.53. The largest absolute Gasteiger partial charge is 0.489 e. The van der Waals surface area contributed by atoms with Gasteiger partial charge in [0.1, 0.15) is 18.1 Å². The number of imide groups is 1. The van der Waals surface area contributed by atoms with E-state index in [2.05, 4.69) is 10.6 Å². The molecule has 0 aliphatic heterocycles. The molecule has 8 heteroatoms. The van der Waals surface area contributed by atoms with Crippen molar-refractivity contribution in [1.29, 1.82) is 0 Å². The fourth-order valence-electron chi connectivity index (χ4n) is 2.52. The van der Waals surface area contributed by atoms with Crippen LogP contribution in [0.2, 0.25) is 0 Å². The minimum atomic E-state index is -0.752. The number of nitrogens with one attached hydrogen (secondary N) is 2. The van der Waals surface area contributed by atoms with Crippen LogP contribution in [0, 0.1) is 0 Å². The number of carbonyl (C=O) groups is 3. The summed E-state index contributed by atoms with van der Waals surface area (Å²) in [6.45, 7) is -0.307. The van der Waals surface area contributed by atoms with Gasteiger partial charge in [-0.2, -0.15) is 0 Å². The summed E-state index contributed by atoms with van der Waals surface area (Å²) in [5.74, 6) is -0.231. The zero-order valence-electron chi connectivity index (χ0n) is 16.0. The smallest absolute Gasteiger partial charge is 0.339 e. The predicted molar refractivity (Wildman–Crippen MR) is 107 cm³/mol. The standard InChI is InChI=1S/C22H20N2O6/c25-20(24-22(27)23-13-18-10-6-12-28-18)15-30-21(26)19-11-5-4-7-16(19)14-29-17-8-2-1-3-9-17/h1-12H,13-15H2,(H2,23,24,25,27). The molecule has 0 unspecified atom stereocenters. The maximum absolute atomic E-state index is 12.4. The first-order valence-corrected chi connectivity index (χ1v) is 9.15. The van der Waals surface area contributed by atoms with Gasteiger partial charge < -0.3 is 19.2 Å². The Morgan fingerprint density at radius 3 is 2.43 bits per heavy atom. The quantitative estimate of drug-likeness (QED) is 0.555. The van der Waals surface area contributed by atoms with Gasteiger partial charge in [-0.05, 0) is 30.3 Å². The molecular weight excluding hydrogens is 388 g/mol. The summed E-state index contributed by atoms with van der Waals surface area (Å²) < 4.78 is 15.8.